The van der Waals surface area contributed by atoms with E-state index in [0.717, 1.165) is 17.3 Å². The van der Waals surface area contributed by atoms with Gasteiger partial charge >= 0.3 is 17.9 Å². The molecule has 0 spiro atoms. The number of amides is 1. The topological polar surface area (TPSA) is 157 Å². The molecule has 1 fully saturated rings. The van der Waals surface area contributed by atoms with Gasteiger partial charge in [0.15, 0.2) is 23.2 Å². The van der Waals surface area contributed by atoms with Crippen molar-refractivity contribution in [1.29, 1.82) is 0 Å². The van der Waals surface area contributed by atoms with E-state index in [1.807, 2.05) is 31.2 Å². The molecule has 1 amide bonds. The number of benzene rings is 1. The summed E-state index contributed by atoms with van der Waals surface area (Å²) in [5.74, 6) is -1.12. The Bertz CT molecular complexity index is 1200. The number of hydrogen-bond donors (Lipinski definition) is 1. The van der Waals surface area contributed by atoms with Gasteiger partial charge < -0.3 is 33.6 Å². The highest BCUT2D eigenvalue weighted by atomic mass is 32.2. The third kappa shape index (κ3) is 8.17. The number of esters is 3. The summed E-state index contributed by atoms with van der Waals surface area (Å²) in [6.45, 7) is 6.68. The van der Waals surface area contributed by atoms with Gasteiger partial charge in [0.2, 0.25) is 5.91 Å². The number of hydrogen-bond acceptors (Lipinski definition) is 12. The first-order valence-electron chi connectivity index (χ1n) is 12.1. The summed E-state index contributed by atoms with van der Waals surface area (Å²) in [4.78, 5) is 47.6. The normalized spacial score (nSPS) is 22.5. The third-order valence-electron chi connectivity index (χ3n) is 5.67. The monoisotopic (exact) mass is 564 g/mol. The van der Waals surface area contributed by atoms with Crippen LogP contribution in [0.5, 0.6) is 5.75 Å². The summed E-state index contributed by atoms with van der Waals surface area (Å²) in [7, 11) is 1.75. The average Bonchev–Trinajstić information content (AvgIpc) is 3.19. The summed E-state index contributed by atoms with van der Waals surface area (Å²) in [5.41, 5.74) is 0.0688. The Morgan fingerprint density at radius 3 is 2.28 bits per heavy atom. The molecule has 39 heavy (non-hydrogen) atoms. The largest absolute Gasteiger partial charge is 0.485 e. The van der Waals surface area contributed by atoms with E-state index in [1.165, 1.54) is 27.7 Å². The van der Waals surface area contributed by atoms with Crippen molar-refractivity contribution in [3.05, 3.63) is 35.7 Å². The molecule has 0 radical (unpaired) electrons. The van der Waals surface area contributed by atoms with Crippen molar-refractivity contribution in [2.24, 2.45) is 7.05 Å². The predicted octanol–water partition coefficient (Wildman–Crippen LogP) is 1.45. The van der Waals surface area contributed by atoms with Crippen molar-refractivity contribution in [1.82, 2.24) is 20.1 Å². The molecule has 13 nitrogen and oxygen atoms in total. The molecule has 1 aliphatic heterocycles. The van der Waals surface area contributed by atoms with Gasteiger partial charge in [0.25, 0.3) is 0 Å². The lowest BCUT2D eigenvalue weighted by molar-refractivity contribution is -0.211. The number of carbonyl (C=O) groups is 4. The summed E-state index contributed by atoms with van der Waals surface area (Å²) < 4.78 is 29.9. The first-order chi connectivity index (χ1) is 18.5. The summed E-state index contributed by atoms with van der Waals surface area (Å²) in [6.07, 6.45) is -3.34. The fourth-order valence-corrected chi connectivity index (χ4v) is 5.06. The van der Waals surface area contributed by atoms with E-state index in [2.05, 4.69) is 15.5 Å². The summed E-state index contributed by atoms with van der Waals surface area (Å²) in [6, 6.07) is 6.62. The van der Waals surface area contributed by atoms with Crippen LogP contribution in [-0.4, -0.2) is 75.0 Å². The molecule has 0 aliphatic carbocycles. The second kappa shape index (κ2) is 13.4. The Kier molecular flexibility index (Phi) is 10.3. The molecule has 5 atom stereocenters. The van der Waals surface area contributed by atoms with E-state index in [4.69, 9.17) is 23.7 Å². The van der Waals surface area contributed by atoms with Gasteiger partial charge in [0, 0.05) is 34.7 Å². The van der Waals surface area contributed by atoms with E-state index in [-0.39, 0.29) is 13.2 Å². The van der Waals surface area contributed by atoms with Crippen LogP contribution in [0.15, 0.2) is 29.4 Å². The molecule has 3 rings (SSSR count). The molecule has 1 aromatic heterocycles. The highest BCUT2D eigenvalue weighted by Crippen LogP contribution is 2.35. The number of rotatable bonds is 10. The van der Waals surface area contributed by atoms with Crippen molar-refractivity contribution in [3.63, 3.8) is 0 Å². The number of nitrogens with zero attached hydrogens (tertiary/aromatic N) is 3. The van der Waals surface area contributed by atoms with Crippen LogP contribution in [0.3, 0.4) is 0 Å². The van der Waals surface area contributed by atoms with Gasteiger partial charge in [-0.2, -0.15) is 0 Å². The Morgan fingerprint density at radius 2 is 1.67 bits per heavy atom. The minimum atomic E-state index is -1.17. The molecule has 1 N–H and O–H groups in total. The maximum Gasteiger partial charge on any atom is 0.303 e. The zero-order valence-electron chi connectivity index (χ0n) is 22.5. The van der Waals surface area contributed by atoms with E-state index in [1.54, 1.807) is 11.6 Å². The molecule has 2 heterocycles. The van der Waals surface area contributed by atoms with Crippen LogP contribution in [0.1, 0.15) is 39.1 Å². The minimum absolute atomic E-state index is 0.148. The third-order valence-corrected chi connectivity index (χ3v) is 6.87. The Balaban J connectivity index is 1.89. The zero-order chi connectivity index (χ0) is 28.7. The molecule has 2 aromatic rings. The SMILES string of the molecule is CC(=O)N[C@@H]1[C@H](OC(C)=O)[C@H](OC(C)=O)[C@H](COC(C)=O)O[C@@H]1Sc1nnc(COc2ccccc2C)n1C. The van der Waals surface area contributed by atoms with Gasteiger partial charge in [-0.15, -0.1) is 10.2 Å². The summed E-state index contributed by atoms with van der Waals surface area (Å²) >= 11 is 1.10. The number of carbonyl (C=O) groups excluding carboxylic acids is 4. The lowest BCUT2D eigenvalue weighted by Crippen LogP contribution is -2.65. The Hall–Kier alpha value is -3.65. The Morgan fingerprint density at radius 1 is 1.00 bits per heavy atom. The Labute approximate surface area is 229 Å². The molecule has 0 saturated carbocycles. The smallest absolute Gasteiger partial charge is 0.303 e. The van der Waals surface area contributed by atoms with E-state index in [9.17, 15) is 19.2 Å². The summed E-state index contributed by atoms with van der Waals surface area (Å²) in [5, 5.41) is 11.6. The molecule has 0 bridgehead atoms. The molecule has 1 saturated heterocycles. The van der Waals surface area contributed by atoms with Crippen LogP contribution >= 0.6 is 11.8 Å². The number of para-hydroxylation sites is 1. The van der Waals surface area contributed by atoms with Crippen molar-refractivity contribution in [3.8, 4) is 5.75 Å². The fraction of sp³-hybridized carbons (Fsp3) is 0.520. The molecular weight excluding hydrogens is 532 g/mol. The molecular formula is C25H32N4O9S. The molecule has 1 aromatic carbocycles. The van der Waals surface area contributed by atoms with Crippen LogP contribution in [0.25, 0.3) is 0 Å². The highest BCUT2D eigenvalue weighted by molar-refractivity contribution is 7.99. The van der Waals surface area contributed by atoms with Gasteiger partial charge in [-0.25, -0.2) is 0 Å². The average molecular weight is 565 g/mol. The maximum atomic E-state index is 12.1. The molecule has 1 aliphatic rings. The van der Waals surface area contributed by atoms with Crippen molar-refractivity contribution in [2.45, 2.75) is 76.2 Å². The first kappa shape index (κ1) is 29.9. The van der Waals surface area contributed by atoms with E-state index in [0.29, 0.717) is 16.7 Å². The standard InChI is InChI=1S/C25H32N4O9S/c1-13-9-7-8-10-18(13)35-12-20-27-28-25(29(20)6)39-24-21(26-14(2)30)23(37-17(5)33)22(36-16(4)32)19(38-24)11-34-15(3)31/h7-10,19,21-24H,11-12H2,1-6H3,(H,26,30)/t19-,21+,22+,23-,24+/m0/s1. The highest BCUT2D eigenvalue weighted by Gasteiger charge is 2.51. The van der Waals surface area contributed by atoms with Crippen LogP contribution in [0.4, 0.5) is 0 Å². The number of nitrogens with one attached hydrogen (secondary N) is 1. The van der Waals surface area contributed by atoms with Crippen LogP contribution in [0.2, 0.25) is 0 Å². The second-order valence-electron chi connectivity index (χ2n) is 8.85. The van der Waals surface area contributed by atoms with E-state index < -0.39 is 53.6 Å². The number of thioether (sulfide) groups is 1. The van der Waals surface area contributed by atoms with Gasteiger partial charge in [-0.3, -0.25) is 19.2 Å². The number of aromatic nitrogens is 3. The van der Waals surface area contributed by atoms with Crippen LogP contribution < -0.4 is 10.1 Å². The van der Waals surface area contributed by atoms with Crippen molar-refractivity contribution in [2.75, 3.05) is 6.61 Å². The van der Waals surface area contributed by atoms with E-state index >= 15 is 0 Å². The zero-order valence-corrected chi connectivity index (χ0v) is 23.4. The fourth-order valence-electron chi connectivity index (χ4n) is 3.93. The maximum absolute atomic E-state index is 12.1. The second-order valence-corrected chi connectivity index (χ2v) is 9.92. The predicted molar refractivity (Wildman–Crippen MR) is 136 cm³/mol. The van der Waals surface area contributed by atoms with Crippen molar-refractivity contribution < 1.29 is 42.9 Å². The number of aryl methyl sites for hydroxylation is 1. The minimum Gasteiger partial charge on any atom is -0.485 e. The van der Waals surface area contributed by atoms with Crippen LogP contribution in [-0.2, 0) is 51.8 Å². The lowest BCUT2D eigenvalue weighted by Gasteiger charge is -2.44. The number of ether oxygens (including phenoxy) is 5. The van der Waals surface area contributed by atoms with Gasteiger partial charge in [-0.05, 0) is 18.6 Å². The quantitative estimate of drug-likeness (QED) is 0.328. The lowest BCUT2D eigenvalue weighted by atomic mass is 9.97. The molecule has 212 valence electrons. The van der Waals surface area contributed by atoms with Crippen LogP contribution in [0, 0.1) is 6.92 Å². The molecule has 14 heteroatoms. The van der Waals surface area contributed by atoms with Gasteiger partial charge in [0.05, 0.1) is 0 Å². The van der Waals surface area contributed by atoms with Crippen molar-refractivity contribution >= 4 is 35.6 Å². The van der Waals surface area contributed by atoms with Gasteiger partial charge in [-0.1, -0.05) is 30.0 Å². The molecule has 0 unspecified atom stereocenters. The first-order valence-corrected chi connectivity index (χ1v) is 13.0. The van der Waals surface area contributed by atoms with Gasteiger partial charge in [0.1, 0.15) is 36.5 Å².